The average Bonchev–Trinajstić information content (AvgIpc) is 3.32. The molecule has 0 radical (unpaired) electrons. The summed E-state index contributed by atoms with van der Waals surface area (Å²) in [5, 5.41) is 15.0. The highest BCUT2D eigenvalue weighted by atomic mass is 16.5. The molecule has 2 N–H and O–H groups in total. The molecule has 0 bridgehead atoms. The normalized spacial score (nSPS) is 12.8. The number of aliphatic hydroxyl groups is 1. The third-order valence-electron chi connectivity index (χ3n) is 13.4. The van der Waals surface area contributed by atoms with Crippen LogP contribution in [0.4, 0.5) is 0 Å². The second kappa shape index (κ2) is 54.2. The molecule has 390 valence electrons. The molecule has 7 heteroatoms. The van der Waals surface area contributed by atoms with Crippen molar-refractivity contribution in [3.8, 4) is 0 Å². The molecule has 0 aromatic heterocycles. The molecule has 0 heterocycles. The third kappa shape index (κ3) is 48.7. The minimum atomic E-state index is -0.365. The SMILES string of the molecule is CCCCCCCC/C=C\CCCCCCCC(=O)OCCCCCC(O)C(CCCCOC(=O)CCCCCCC/C=C\CCCCCCCC)CNCCCN(CCCC)CCCC. The maximum absolute atomic E-state index is 12.4. The number of nitrogens with one attached hydrogen (secondary N) is 1. The first-order valence-corrected chi connectivity index (χ1v) is 29.2. The fraction of sp³-hybridized carbons (Fsp3) is 0.898. The first-order chi connectivity index (χ1) is 32.5. The van der Waals surface area contributed by atoms with Crippen molar-refractivity contribution in [1.29, 1.82) is 0 Å². The second-order valence-corrected chi connectivity index (χ2v) is 19.9. The highest BCUT2D eigenvalue weighted by Crippen LogP contribution is 2.19. The van der Waals surface area contributed by atoms with E-state index >= 15 is 0 Å². The Hall–Kier alpha value is -1.70. The Morgan fingerprint density at radius 1 is 0.439 bits per heavy atom. The highest BCUT2D eigenvalue weighted by molar-refractivity contribution is 5.69. The lowest BCUT2D eigenvalue weighted by atomic mass is 9.92. The summed E-state index contributed by atoms with van der Waals surface area (Å²) in [4.78, 5) is 27.3. The van der Waals surface area contributed by atoms with Crippen LogP contribution in [0.3, 0.4) is 0 Å². The molecular formula is C59H114N2O5. The van der Waals surface area contributed by atoms with Gasteiger partial charge in [-0.05, 0) is 154 Å². The van der Waals surface area contributed by atoms with E-state index in [1.54, 1.807) is 0 Å². The number of carbonyl (C=O) groups is 2. The first kappa shape index (κ1) is 64.3. The molecule has 0 saturated carbocycles. The number of ether oxygens (including phenoxy) is 2. The van der Waals surface area contributed by atoms with E-state index < -0.39 is 0 Å². The van der Waals surface area contributed by atoms with Gasteiger partial charge in [0.15, 0.2) is 0 Å². The Balaban J connectivity index is 4.31. The van der Waals surface area contributed by atoms with Crippen LogP contribution in [0.25, 0.3) is 0 Å². The number of allylic oxidation sites excluding steroid dienone is 4. The van der Waals surface area contributed by atoms with Crippen LogP contribution >= 0.6 is 0 Å². The molecule has 0 spiro atoms. The third-order valence-corrected chi connectivity index (χ3v) is 13.4. The van der Waals surface area contributed by atoms with E-state index in [0.717, 1.165) is 96.7 Å². The highest BCUT2D eigenvalue weighted by Gasteiger charge is 2.19. The number of hydrogen-bond acceptors (Lipinski definition) is 7. The summed E-state index contributed by atoms with van der Waals surface area (Å²) < 4.78 is 11.2. The first-order valence-electron chi connectivity index (χ1n) is 29.2. The summed E-state index contributed by atoms with van der Waals surface area (Å²) in [6.07, 6.45) is 55.1. The number of unbranched alkanes of at least 4 members (excludes halogenated alkanes) is 27. The topological polar surface area (TPSA) is 88.1 Å². The predicted molar refractivity (Wildman–Crippen MR) is 286 cm³/mol. The van der Waals surface area contributed by atoms with E-state index in [0.29, 0.717) is 26.1 Å². The van der Waals surface area contributed by atoms with Gasteiger partial charge in [0.1, 0.15) is 0 Å². The van der Waals surface area contributed by atoms with Crippen molar-refractivity contribution in [3.05, 3.63) is 24.3 Å². The smallest absolute Gasteiger partial charge is 0.305 e. The average molecular weight is 932 g/mol. The van der Waals surface area contributed by atoms with Crippen molar-refractivity contribution in [2.45, 2.75) is 291 Å². The number of hydrogen-bond donors (Lipinski definition) is 2. The van der Waals surface area contributed by atoms with Gasteiger partial charge in [0.25, 0.3) is 0 Å². The van der Waals surface area contributed by atoms with Gasteiger partial charge in [0.2, 0.25) is 0 Å². The van der Waals surface area contributed by atoms with Crippen LogP contribution in [0.1, 0.15) is 285 Å². The van der Waals surface area contributed by atoms with Crippen LogP contribution in [-0.2, 0) is 19.1 Å². The molecule has 0 fully saturated rings. The number of nitrogens with zero attached hydrogens (tertiary/aromatic N) is 1. The van der Waals surface area contributed by atoms with Crippen LogP contribution in [0.15, 0.2) is 24.3 Å². The van der Waals surface area contributed by atoms with Gasteiger partial charge in [-0.15, -0.1) is 0 Å². The molecule has 0 aliphatic carbocycles. The van der Waals surface area contributed by atoms with Crippen LogP contribution in [0.5, 0.6) is 0 Å². The molecular weight excluding hydrogens is 817 g/mol. The van der Waals surface area contributed by atoms with Gasteiger partial charge in [-0.2, -0.15) is 0 Å². The molecule has 2 atom stereocenters. The molecule has 0 rings (SSSR count). The van der Waals surface area contributed by atoms with Crippen molar-refractivity contribution in [2.24, 2.45) is 5.92 Å². The minimum Gasteiger partial charge on any atom is -0.466 e. The Morgan fingerprint density at radius 3 is 1.26 bits per heavy atom. The van der Waals surface area contributed by atoms with Gasteiger partial charge in [-0.25, -0.2) is 0 Å². The predicted octanol–water partition coefficient (Wildman–Crippen LogP) is 16.7. The van der Waals surface area contributed by atoms with E-state index in [4.69, 9.17) is 9.47 Å². The molecule has 7 nitrogen and oxygen atoms in total. The van der Waals surface area contributed by atoms with Crippen LogP contribution < -0.4 is 5.32 Å². The lowest BCUT2D eigenvalue weighted by molar-refractivity contribution is -0.144. The van der Waals surface area contributed by atoms with Crippen molar-refractivity contribution in [1.82, 2.24) is 10.2 Å². The fourth-order valence-corrected chi connectivity index (χ4v) is 8.82. The van der Waals surface area contributed by atoms with Crippen LogP contribution in [0, 0.1) is 5.92 Å². The number of esters is 2. The van der Waals surface area contributed by atoms with Crippen molar-refractivity contribution < 1.29 is 24.2 Å². The van der Waals surface area contributed by atoms with Gasteiger partial charge in [-0.1, -0.05) is 174 Å². The Labute approximate surface area is 411 Å². The summed E-state index contributed by atoms with van der Waals surface area (Å²) in [7, 11) is 0. The number of aliphatic hydroxyl groups excluding tert-OH is 1. The monoisotopic (exact) mass is 931 g/mol. The molecule has 0 aromatic rings. The van der Waals surface area contributed by atoms with Gasteiger partial charge in [0.05, 0.1) is 19.3 Å². The summed E-state index contributed by atoms with van der Waals surface area (Å²) in [5.41, 5.74) is 0. The molecule has 0 aromatic carbocycles. The Morgan fingerprint density at radius 2 is 0.803 bits per heavy atom. The van der Waals surface area contributed by atoms with E-state index in [2.05, 4.69) is 62.2 Å². The minimum absolute atomic E-state index is 0.0634. The quantitative estimate of drug-likeness (QED) is 0.0357. The zero-order valence-electron chi connectivity index (χ0n) is 44.7. The van der Waals surface area contributed by atoms with Crippen LogP contribution in [0.2, 0.25) is 0 Å². The maximum Gasteiger partial charge on any atom is 0.305 e. The summed E-state index contributed by atoms with van der Waals surface area (Å²) in [6.45, 7) is 15.3. The molecule has 66 heavy (non-hydrogen) atoms. The van der Waals surface area contributed by atoms with E-state index in [-0.39, 0.29) is 24.0 Å². The van der Waals surface area contributed by atoms with Gasteiger partial charge in [0, 0.05) is 19.4 Å². The van der Waals surface area contributed by atoms with Crippen molar-refractivity contribution >= 4 is 11.9 Å². The maximum atomic E-state index is 12.4. The Bertz CT molecular complexity index is 1040. The lowest BCUT2D eigenvalue weighted by Crippen LogP contribution is -2.34. The summed E-state index contributed by atoms with van der Waals surface area (Å²) in [5.74, 6) is 0.0509. The summed E-state index contributed by atoms with van der Waals surface area (Å²) in [6, 6.07) is 0. The fourth-order valence-electron chi connectivity index (χ4n) is 8.82. The van der Waals surface area contributed by atoms with Crippen molar-refractivity contribution in [2.75, 3.05) is 45.9 Å². The lowest BCUT2D eigenvalue weighted by Gasteiger charge is -2.25. The zero-order chi connectivity index (χ0) is 48.1. The summed E-state index contributed by atoms with van der Waals surface area (Å²) >= 11 is 0. The number of rotatable bonds is 54. The van der Waals surface area contributed by atoms with Crippen LogP contribution in [-0.4, -0.2) is 74.0 Å². The van der Waals surface area contributed by atoms with Gasteiger partial charge < -0.3 is 24.8 Å². The molecule has 0 saturated heterocycles. The largest absolute Gasteiger partial charge is 0.466 e. The molecule has 0 amide bonds. The van der Waals surface area contributed by atoms with E-state index in [1.165, 1.54) is 180 Å². The van der Waals surface area contributed by atoms with E-state index in [1.807, 2.05) is 0 Å². The molecule has 0 aliphatic rings. The second-order valence-electron chi connectivity index (χ2n) is 19.9. The molecule has 0 aliphatic heterocycles. The number of carbonyl (C=O) groups excluding carboxylic acids is 2. The molecule has 2 unspecified atom stereocenters. The standard InChI is InChI=1S/C59H114N2O5/c1-5-9-13-15-17-19-21-23-25-27-29-31-33-35-39-47-58(63)65-53-42-37-38-46-57(62)56(55-60-49-44-52-61(50-11-7-3)51-12-8-4)45-41-43-54-66-59(64)48-40-36-34-32-30-28-26-24-22-20-18-16-14-10-6-2/h23-26,56-57,60,62H,5-22,27-55H2,1-4H3/b25-23-,26-24-. The van der Waals surface area contributed by atoms with Crippen molar-refractivity contribution in [3.63, 3.8) is 0 Å². The van der Waals surface area contributed by atoms with E-state index in [9.17, 15) is 14.7 Å². The van der Waals surface area contributed by atoms with Gasteiger partial charge in [-0.3, -0.25) is 9.59 Å². The zero-order valence-corrected chi connectivity index (χ0v) is 44.7. The van der Waals surface area contributed by atoms with Gasteiger partial charge >= 0.3 is 11.9 Å². The Kier molecular flexibility index (Phi) is 52.8.